The van der Waals surface area contributed by atoms with Crippen LogP contribution >= 0.6 is 12.4 Å². The van der Waals surface area contributed by atoms with E-state index >= 15 is 0 Å². The Morgan fingerprint density at radius 3 is 2.44 bits per heavy atom. The minimum Gasteiger partial charge on any atom is -0.379 e. The van der Waals surface area contributed by atoms with Crippen molar-refractivity contribution in [3.63, 3.8) is 0 Å². The summed E-state index contributed by atoms with van der Waals surface area (Å²) in [7, 11) is 0. The molecule has 0 spiro atoms. The molecule has 0 bridgehead atoms. The predicted molar refractivity (Wildman–Crippen MR) is 71.2 cm³/mol. The Morgan fingerprint density at radius 2 is 2.00 bits per heavy atom. The Kier molecular flexibility index (Phi) is 9.32. The fraction of sp³-hybridized carbons (Fsp3) is 1.00. The normalized spacial score (nSPS) is 16.3. The van der Waals surface area contributed by atoms with E-state index in [2.05, 4.69) is 18.7 Å². The lowest BCUT2D eigenvalue weighted by atomic mass is 9.85. The molecule has 1 saturated carbocycles. The summed E-state index contributed by atoms with van der Waals surface area (Å²) in [5.41, 5.74) is 5.38. The van der Waals surface area contributed by atoms with Crippen LogP contribution in [-0.4, -0.2) is 43.8 Å². The molecule has 98 valence electrons. The first-order valence-electron chi connectivity index (χ1n) is 6.26. The zero-order valence-corrected chi connectivity index (χ0v) is 11.5. The van der Waals surface area contributed by atoms with Gasteiger partial charge >= 0.3 is 0 Å². The molecule has 0 aromatic carbocycles. The van der Waals surface area contributed by atoms with Gasteiger partial charge in [0.05, 0.1) is 13.2 Å². The maximum absolute atomic E-state index is 5.43. The van der Waals surface area contributed by atoms with Gasteiger partial charge in [0.15, 0.2) is 0 Å². The van der Waals surface area contributed by atoms with E-state index in [1.165, 1.54) is 25.8 Å². The molecule has 1 aliphatic carbocycles. The lowest BCUT2D eigenvalue weighted by Gasteiger charge is -2.34. The molecule has 1 aliphatic rings. The van der Waals surface area contributed by atoms with Gasteiger partial charge in [-0.2, -0.15) is 0 Å². The van der Waals surface area contributed by atoms with Gasteiger partial charge in [-0.15, -0.1) is 12.4 Å². The van der Waals surface area contributed by atoms with Gasteiger partial charge in [-0.1, -0.05) is 6.42 Å². The predicted octanol–water partition coefficient (Wildman–Crippen LogP) is 1.89. The molecular formula is C12H27ClN2O. The highest BCUT2D eigenvalue weighted by Crippen LogP contribution is 2.27. The van der Waals surface area contributed by atoms with Gasteiger partial charge in [0, 0.05) is 25.7 Å². The average molecular weight is 251 g/mol. The van der Waals surface area contributed by atoms with Crippen LogP contribution in [0, 0.1) is 5.92 Å². The van der Waals surface area contributed by atoms with Crippen molar-refractivity contribution in [2.24, 2.45) is 11.7 Å². The van der Waals surface area contributed by atoms with Crippen LogP contribution in [0.5, 0.6) is 0 Å². The summed E-state index contributed by atoms with van der Waals surface area (Å²) in [5.74, 6) is 0.946. The van der Waals surface area contributed by atoms with Crippen LogP contribution in [0.1, 0.15) is 33.1 Å². The number of nitrogens with two attached hydrogens (primary N) is 1. The molecule has 0 aromatic rings. The fourth-order valence-electron chi connectivity index (χ4n) is 1.93. The molecule has 0 unspecified atom stereocenters. The van der Waals surface area contributed by atoms with Crippen LogP contribution in [0.15, 0.2) is 0 Å². The van der Waals surface area contributed by atoms with E-state index in [9.17, 15) is 0 Å². The molecule has 0 aliphatic heterocycles. The Morgan fingerprint density at radius 1 is 1.31 bits per heavy atom. The van der Waals surface area contributed by atoms with Gasteiger partial charge in [0.1, 0.15) is 0 Å². The molecule has 1 rings (SSSR count). The molecule has 0 aromatic heterocycles. The summed E-state index contributed by atoms with van der Waals surface area (Å²) in [6, 6.07) is 0.632. The second-order valence-electron chi connectivity index (χ2n) is 4.79. The van der Waals surface area contributed by atoms with Crippen molar-refractivity contribution < 1.29 is 4.74 Å². The van der Waals surface area contributed by atoms with E-state index in [1.807, 2.05) is 0 Å². The summed E-state index contributed by atoms with van der Waals surface area (Å²) in [5, 5.41) is 0. The van der Waals surface area contributed by atoms with Crippen LogP contribution in [0.4, 0.5) is 0 Å². The first kappa shape index (κ1) is 16.2. The zero-order valence-electron chi connectivity index (χ0n) is 10.7. The summed E-state index contributed by atoms with van der Waals surface area (Å²) in [6.45, 7) is 8.97. The number of halogens is 1. The molecule has 1 fully saturated rings. The molecule has 16 heavy (non-hydrogen) atoms. The third kappa shape index (κ3) is 6.04. The van der Waals surface area contributed by atoms with Gasteiger partial charge in [0.25, 0.3) is 0 Å². The van der Waals surface area contributed by atoms with Crippen molar-refractivity contribution in [3.8, 4) is 0 Å². The minimum absolute atomic E-state index is 0. The number of hydrogen-bond acceptors (Lipinski definition) is 3. The number of ether oxygens (including phenoxy) is 1. The molecule has 4 heteroatoms. The van der Waals surface area contributed by atoms with Crippen molar-refractivity contribution in [2.45, 2.75) is 39.2 Å². The van der Waals surface area contributed by atoms with Crippen LogP contribution < -0.4 is 5.73 Å². The van der Waals surface area contributed by atoms with Crippen molar-refractivity contribution in [3.05, 3.63) is 0 Å². The molecule has 0 atom stereocenters. The highest BCUT2D eigenvalue weighted by atomic mass is 35.5. The maximum atomic E-state index is 5.43. The third-order valence-electron chi connectivity index (χ3n) is 3.23. The monoisotopic (exact) mass is 250 g/mol. The average Bonchev–Trinajstić information content (AvgIpc) is 2.13. The van der Waals surface area contributed by atoms with E-state index in [0.717, 1.165) is 19.1 Å². The molecule has 2 N–H and O–H groups in total. The molecule has 3 nitrogen and oxygen atoms in total. The maximum Gasteiger partial charge on any atom is 0.0594 e. The minimum atomic E-state index is 0. The highest BCUT2D eigenvalue weighted by molar-refractivity contribution is 5.85. The standard InChI is InChI=1S/C12H26N2O.ClH/c1-11(2)14(7-9-15-8-6-13)10-12-4-3-5-12;/h11-12H,3-10,13H2,1-2H3;1H. The first-order valence-corrected chi connectivity index (χ1v) is 6.26. The lowest BCUT2D eigenvalue weighted by Crippen LogP contribution is -2.39. The van der Waals surface area contributed by atoms with E-state index < -0.39 is 0 Å². The second kappa shape index (κ2) is 9.23. The summed E-state index contributed by atoms with van der Waals surface area (Å²) >= 11 is 0. The Hall–Kier alpha value is 0.170. The van der Waals surface area contributed by atoms with Gasteiger partial charge in [-0.05, 0) is 32.6 Å². The largest absolute Gasteiger partial charge is 0.379 e. The van der Waals surface area contributed by atoms with Crippen LogP contribution in [0.2, 0.25) is 0 Å². The van der Waals surface area contributed by atoms with E-state index in [0.29, 0.717) is 19.2 Å². The van der Waals surface area contributed by atoms with Crippen LogP contribution in [0.3, 0.4) is 0 Å². The number of nitrogens with zero attached hydrogens (tertiary/aromatic N) is 1. The topological polar surface area (TPSA) is 38.5 Å². The summed E-state index contributed by atoms with van der Waals surface area (Å²) < 4.78 is 5.43. The SMILES string of the molecule is CC(C)N(CCOCCN)CC1CCC1.Cl. The van der Waals surface area contributed by atoms with Gasteiger partial charge in [0.2, 0.25) is 0 Å². The smallest absolute Gasteiger partial charge is 0.0594 e. The summed E-state index contributed by atoms with van der Waals surface area (Å²) in [6.07, 6.45) is 4.28. The Balaban J connectivity index is 0.00000225. The van der Waals surface area contributed by atoms with Crippen molar-refractivity contribution in [1.82, 2.24) is 4.90 Å². The van der Waals surface area contributed by atoms with Gasteiger partial charge in [-0.25, -0.2) is 0 Å². The van der Waals surface area contributed by atoms with Crippen LogP contribution in [0.25, 0.3) is 0 Å². The molecule has 0 radical (unpaired) electrons. The Labute approximate surface area is 106 Å². The molecule has 0 saturated heterocycles. The molecule has 0 amide bonds. The zero-order chi connectivity index (χ0) is 11.1. The van der Waals surface area contributed by atoms with Crippen molar-refractivity contribution >= 4 is 12.4 Å². The highest BCUT2D eigenvalue weighted by Gasteiger charge is 2.21. The molecule has 0 heterocycles. The summed E-state index contributed by atoms with van der Waals surface area (Å²) in [4.78, 5) is 2.53. The van der Waals surface area contributed by atoms with Gasteiger partial charge in [-0.3, -0.25) is 4.90 Å². The number of hydrogen-bond donors (Lipinski definition) is 1. The van der Waals surface area contributed by atoms with E-state index in [-0.39, 0.29) is 12.4 Å². The Bertz CT molecular complexity index is 163. The van der Waals surface area contributed by atoms with Crippen molar-refractivity contribution in [2.75, 3.05) is 32.8 Å². The quantitative estimate of drug-likeness (QED) is 0.669. The van der Waals surface area contributed by atoms with E-state index in [1.54, 1.807) is 0 Å². The van der Waals surface area contributed by atoms with Crippen LogP contribution in [-0.2, 0) is 4.74 Å². The third-order valence-corrected chi connectivity index (χ3v) is 3.23. The van der Waals surface area contributed by atoms with Crippen molar-refractivity contribution in [1.29, 1.82) is 0 Å². The molecular weight excluding hydrogens is 224 g/mol. The fourth-order valence-corrected chi connectivity index (χ4v) is 1.93. The van der Waals surface area contributed by atoms with Gasteiger partial charge < -0.3 is 10.5 Å². The first-order chi connectivity index (χ1) is 7.24. The number of rotatable bonds is 8. The second-order valence-corrected chi connectivity index (χ2v) is 4.79. The van der Waals surface area contributed by atoms with E-state index in [4.69, 9.17) is 10.5 Å². The lowest BCUT2D eigenvalue weighted by molar-refractivity contribution is 0.0789.